The number of benzene rings is 2. The lowest BCUT2D eigenvalue weighted by atomic mass is 10.0. The molecule has 0 saturated heterocycles. The van der Waals surface area contributed by atoms with Crippen molar-refractivity contribution in [2.24, 2.45) is 0 Å². The second-order valence-electron chi connectivity index (χ2n) is 7.69. The van der Waals surface area contributed by atoms with Crippen molar-refractivity contribution < 1.29 is 4.79 Å². The van der Waals surface area contributed by atoms with Crippen LogP contribution in [0.1, 0.15) is 22.3 Å². The van der Waals surface area contributed by atoms with Crippen LogP contribution >= 0.6 is 11.8 Å². The van der Waals surface area contributed by atoms with Gasteiger partial charge in [-0.05, 0) is 62.1 Å². The van der Waals surface area contributed by atoms with E-state index >= 15 is 0 Å². The molecule has 0 fully saturated rings. The van der Waals surface area contributed by atoms with Gasteiger partial charge in [0.15, 0.2) is 10.8 Å². The molecule has 4 aromatic rings. The topological polar surface area (TPSA) is 50.5 Å². The third-order valence-corrected chi connectivity index (χ3v) is 6.52. The second kappa shape index (κ2) is 6.88. The van der Waals surface area contributed by atoms with Crippen LogP contribution in [0.2, 0.25) is 0 Å². The van der Waals surface area contributed by atoms with Gasteiger partial charge in [-0.15, -0.1) is 10.2 Å². The Hall–Kier alpha value is -2.86. The molecule has 2 aromatic carbocycles. The zero-order chi connectivity index (χ0) is 20.1. The number of hydrogen-bond acceptors (Lipinski definition) is 4. The summed E-state index contributed by atoms with van der Waals surface area (Å²) in [6.07, 6.45) is 0.920. The van der Waals surface area contributed by atoms with E-state index in [9.17, 15) is 4.79 Å². The van der Waals surface area contributed by atoms with Crippen LogP contribution < -0.4 is 4.90 Å². The number of carbonyl (C=O) groups excluding carboxylic acids is 1. The van der Waals surface area contributed by atoms with Gasteiger partial charge in [0, 0.05) is 17.6 Å². The van der Waals surface area contributed by atoms with Gasteiger partial charge in [0.05, 0.1) is 11.3 Å². The lowest BCUT2D eigenvalue weighted by Gasteiger charge is -2.17. The van der Waals surface area contributed by atoms with Gasteiger partial charge in [0.25, 0.3) is 0 Å². The molecule has 5 nitrogen and oxygen atoms in total. The lowest BCUT2D eigenvalue weighted by molar-refractivity contribution is -0.116. The number of carbonyl (C=O) groups is 1. The Bertz CT molecular complexity index is 1280. The number of aryl methyl sites for hydroxylation is 3. The molecule has 0 bridgehead atoms. The van der Waals surface area contributed by atoms with Crippen molar-refractivity contribution >= 4 is 39.9 Å². The maximum absolute atomic E-state index is 12.9. The van der Waals surface area contributed by atoms with Crippen LogP contribution in [-0.4, -0.2) is 32.8 Å². The summed E-state index contributed by atoms with van der Waals surface area (Å²) >= 11 is 1.46. The van der Waals surface area contributed by atoms with E-state index < -0.39 is 0 Å². The summed E-state index contributed by atoms with van der Waals surface area (Å²) in [6.45, 7) is 7.09. The predicted molar refractivity (Wildman–Crippen MR) is 118 cm³/mol. The highest BCUT2D eigenvalue weighted by molar-refractivity contribution is 7.99. The third-order valence-electron chi connectivity index (χ3n) is 5.61. The van der Waals surface area contributed by atoms with Crippen LogP contribution in [0.15, 0.2) is 47.6 Å². The Kier molecular flexibility index (Phi) is 4.32. The molecule has 0 atom stereocenters. The first kappa shape index (κ1) is 18.2. The normalized spacial score (nSPS) is 13.4. The molecule has 5 rings (SSSR count). The van der Waals surface area contributed by atoms with Crippen LogP contribution in [0.4, 0.5) is 5.69 Å². The van der Waals surface area contributed by atoms with Crippen molar-refractivity contribution in [3.63, 3.8) is 0 Å². The minimum atomic E-state index is 0.112. The van der Waals surface area contributed by atoms with Crippen LogP contribution in [0.25, 0.3) is 16.6 Å². The van der Waals surface area contributed by atoms with E-state index in [0.29, 0.717) is 5.75 Å². The van der Waals surface area contributed by atoms with Gasteiger partial charge in [-0.1, -0.05) is 41.6 Å². The summed E-state index contributed by atoms with van der Waals surface area (Å²) in [5, 5.41) is 10.7. The zero-order valence-electron chi connectivity index (χ0n) is 16.8. The first-order valence-electron chi connectivity index (χ1n) is 9.79. The van der Waals surface area contributed by atoms with Gasteiger partial charge < -0.3 is 4.90 Å². The summed E-state index contributed by atoms with van der Waals surface area (Å²) in [6, 6.07) is 14.6. The quantitative estimate of drug-likeness (QED) is 0.474. The number of amides is 1. The van der Waals surface area contributed by atoms with E-state index in [1.807, 2.05) is 23.1 Å². The average molecular weight is 403 g/mol. The van der Waals surface area contributed by atoms with E-state index in [1.54, 1.807) is 0 Å². The number of rotatable bonds is 3. The minimum Gasteiger partial charge on any atom is -0.311 e. The van der Waals surface area contributed by atoms with E-state index in [-0.39, 0.29) is 5.91 Å². The Morgan fingerprint density at radius 1 is 1.07 bits per heavy atom. The minimum absolute atomic E-state index is 0.112. The summed E-state index contributed by atoms with van der Waals surface area (Å²) in [5.74, 6) is 0.454. The fraction of sp³-hybridized carbons (Fsp3) is 0.261. The van der Waals surface area contributed by atoms with Crippen LogP contribution in [0.3, 0.4) is 0 Å². The van der Waals surface area contributed by atoms with Crippen molar-refractivity contribution in [1.82, 2.24) is 14.6 Å². The summed E-state index contributed by atoms with van der Waals surface area (Å²) in [7, 11) is 0. The number of fused-ring (bicyclic) bond motifs is 4. The molecule has 29 heavy (non-hydrogen) atoms. The number of hydrogen-bond donors (Lipinski definition) is 0. The summed E-state index contributed by atoms with van der Waals surface area (Å²) in [4.78, 5) is 14.8. The first-order valence-corrected chi connectivity index (χ1v) is 10.8. The molecule has 0 spiro atoms. The standard InChI is InChI=1S/C23H22N4OS/c1-14-10-16(3)22-18(11-14)15(2)12-20-24-25-23(27(20)22)29-13-21(28)26-9-8-17-6-4-5-7-19(17)26/h4-7,10-12H,8-9,13H2,1-3H3. The summed E-state index contributed by atoms with van der Waals surface area (Å²) in [5.41, 5.74) is 7.84. The molecule has 1 amide bonds. The molecule has 6 heteroatoms. The van der Waals surface area contributed by atoms with Gasteiger partial charge in [-0.3, -0.25) is 9.20 Å². The molecule has 0 unspecified atom stereocenters. The van der Waals surface area contributed by atoms with E-state index in [1.165, 1.54) is 39.4 Å². The van der Waals surface area contributed by atoms with Crippen molar-refractivity contribution in [1.29, 1.82) is 0 Å². The van der Waals surface area contributed by atoms with Gasteiger partial charge in [-0.2, -0.15) is 0 Å². The maximum atomic E-state index is 12.9. The van der Waals surface area contributed by atoms with Crippen molar-refractivity contribution in [3.05, 3.63) is 64.7 Å². The fourth-order valence-corrected chi connectivity index (χ4v) is 5.13. The molecule has 1 aliphatic rings. The third kappa shape index (κ3) is 2.99. The largest absolute Gasteiger partial charge is 0.311 e. The van der Waals surface area contributed by atoms with Crippen molar-refractivity contribution in [3.8, 4) is 0 Å². The van der Waals surface area contributed by atoms with Gasteiger partial charge in [0.1, 0.15) is 0 Å². The second-order valence-corrected chi connectivity index (χ2v) is 8.64. The molecule has 3 heterocycles. The lowest BCUT2D eigenvalue weighted by Crippen LogP contribution is -2.30. The van der Waals surface area contributed by atoms with E-state index in [2.05, 4.69) is 59.6 Å². The summed E-state index contributed by atoms with van der Waals surface area (Å²) < 4.78 is 2.09. The SMILES string of the molecule is Cc1cc(C)c2c(c1)c(C)cc1nnc(SCC(=O)N3CCc4ccccc43)n12. The molecule has 2 aromatic heterocycles. The monoisotopic (exact) mass is 402 g/mol. The number of aromatic nitrogens is 3. The highest BCUT2D eigenvalue weighted by Crippen LogP contribution is 2.31. The van der Waals surface area contributed by atoms with Gasteiger partial charge in [-0.25, -0.2) is 0 Å². The van der Waals surface area contributed by atoms with Crippen LogP contribution in [0, 0.1) is 20.8 Å². The van der Waals surface area contributed by atoms with E-state index in [4.69, 9.17) is 0 Å². The molecular weight excluding hydrogens is 380 g/mol. The molecule has 0 N–H and O–H groups in total. The van der Waals surface area contributed by atoms with Crippen LogP contribution in [0.5, 0.6) is 0 Å². The van der Waals surface area contributed by atoms with Crippen LogP contribution in [-0.2, 0) is 11.2 Å². The Labute approximate surface area is 173 Å². The molecular formula is C23H22N4OS. The van der Waals surface area contributed by atoms with Crippen molar-refractivity contribution in [2.45, 2.75) is 32.3 Å². The molecule has 0 radical (unpaired) electrons. The first-order chi connectivity index (χ1) is 14.0. The van der Waals surface area contributed by atoms with Gasteiger partial charge in [0.2, 0.25) is 5.91 Å². The van der Waals surface area contributed by atoms with E-state index in [0.717, 1.165) is 35.0 Å². The van der Waals surface area contributed by atoms with Gasteiger partial charge >= 0.3 is 0 Å². The number of thioether (sulfide) groups is 1. The highest BCUT2D eigenvalue weighted by atomic mass is 32.2. The Morgan fingerprint density at radius 2 is 1.90 bits per heavy atom. The Balaban J connectivity index is 1.49. The number of nitrogens with zero attached hydrogens (tertiary/aromatic N) is 4. The zero-order valence-corrected chi connectivity index (χ0v) is 17.6. The number of anilines is 1. The maximum Gasteiger partial charge on any atom is 0.237 e. The highest BCUT2D eigenvalue weighted by Gasteiger charge is 2.24. The number of pyridine rings is 1. The molecule has 0 saturated carbocycles. The Morgan fingerprint density at radius 3 is 2.76 bits per heavy atom. The molecule has 146 valence electrons. The molecule has 0 aliphatic carbocycles. The van der Waals surface area contributed by atoms with Crippen molar-refractivity contribution in [2.75, 3.05) is 17.2 Å². The smallest absolute Gasteiger partial charge is 0.237 e. The average Bonchev–Trinajstić information content (AvgIpc) is 3.30. The fourth-order valence-electron chi connectivity index (χ4n) is 4.31. The number of para-hydroxylation sites is 1. The predicted octanol–water partition coefficient (Wildman–Crippen LogP) is 4.49. The molecule has 1 aliphatic heterocycles.